The van der Waals surface area contributed by atoms with Gasteiger partial charge in [-0.25, -0.2) is 4.98 Å². The maximum Gasteiger partial charge on any atom is 0.229 e. The number of rotatable bonds is 8. The van der Waals surface area contributed by atoms with Gasteiger partial charge in [-0.05, 0) is 38.5 Å². The van der Waals surface area contributed by atoms with Crippen molar-refractivity contribution < 1.29 is 9.59 Å². The summed E-state index contributed by atoms with van der Waals surface area (Å²) in [5.74, 6) is 0.849. The van der Waals surface area contributed by atoms with E-state index < -0.39 is 0 Å². The molecule has 5 nitrogen and oxygen atoms in total. The Morgan fingerprint density at radius 3 is 2.68 bits per heavy atom. The van der Waals surface area contributed by atoms with Crippen molar-refractivity contribution >= 4 is 28.3 Å². The van der Waals surface area contributed by atoms with Gasteiger partial charge in [0.25, 0.3) is 0 Å². The lowest BCUT2D eigenvalue weighted by atomic mass is 10.0. The first kappa shape index (κ1) is 16.9. The van der Waals surface area contributed by atoms with Crippen molar-refractivity contribution in [1.82, 2.24) is 10.3 Å². The van der Waals surface area contributed by atoms with Crippen molar-refractivity contribution in [3.8, 4) is 0 Å². The largest absolute Gasteiger partial charge is 0.353 e. The summed E-state index contributed by atoms with van der Waals surface area (Å²) in [5, 5.41) is 8.23. The Balaban J connectivity index is 1.74. The van der Waals surface area contributed by atoms with Crippen LogP contribution in [0.4, 0.5) is 5.13 Å². The number of carbonyl (C=O) groups excluding carboxylic acids is 2. The first-order valence-corrected chi connectivity index (χ1v) is 8.86. The number of hydrogen-bond donors (Lipinski definition) is 2. The summed E-state index contributed by atoms with van der Waals surface area (Å²) >= 11 is 1.38. The first-order chi connectivity index (χ1) is 10.4. The van der Waals surface area contributed by atoms with E-state index in [0.29, 0.717) is 16.7 Å². The third-order valence-corrected chi connectivity index (χ3v) is 4.46. The minimum atomic E-state index is -0.0124. The van der Waals surface area contributed by atoms with Gasteiger partial charge in [0.05, 0.1) is 12.1 Å². The quantitative estimate of drug-likeness (QED) is 0.772. The van der Waals surface area contributed by atoms with E-state index in [1.54, 1.807) is 0 Å². The van der Waals surface area contributed by atoms with Crippen molar-refractivity contribution in [3.05, 3.63) is 11.1 Å². The van der Waals surface area contributed by atoms with Gasteiger partial charge in [-0.2, -0.15) is 0 Å². The molecule has 0 spiro atoms. The van der Waals surface area contributed by atoms with Crippen LogP contribution in [-0.4, -0.2) is 22.8 Å². The van der Waals surface area contributed by atoms with Crippen LogP contribution in [0.5, 0.6) is 0 Å². The molecule has 6 heteroatoms. The lowest BCUT2D eigenvalue weighted by molar-refractivity contribution is -0.121. The SMILES string of the molecule is CC(C)CC[C@H](C)NC(=O)Cc1csc(NC(=O)C2CC2)n1. The third-order valence-electron chi connectivity index (χ3n) is 3.66. The molecule has 22 heavy (non-hydrogen) atoms. The monoisotopic (exact) mass is 323 g/mol. The standard InChI is InChI=1S/C16H25N3O2S/c1-10(2)4-5-11(3)17-14(20)8-13-9-22-16(18-13)19-15(21)12-6-7-12/h9-12H,4-8H2,1-3H3,(H,17,20)(H,18,19,21)/t11-/m0/s1. The molecule has 0 unspecified atom stereocenters. The predicted octanol–water partition coefficient (Wildman–Crippen LogP) is 2.98. The van der Waals surface area contributed by atoms with Gasteiger partial charge in [-0.1, -0.05) is 13.8 Å². The second kappa shape index (κ2) is 7.72. The van der Waals surface area contributed by atoms with E-state index in [2.05, 4.69) is 29.5 Å². The molecule has 122 valence electrons. The third kappa shape index (κ3) is 5.75. The summed E-state index contributed by atoms with van der Waals surface area (Å²) in [6.45, 7) is 6.39. The van der Waals surface area contributed by atoms with E-state index in [1.807, 2.05) is 12.3 Å². The van der Waals surface area contributed by atoms with Gasteiger partial charge in [0, 0.05) is 17.3 Å². The van der Waals surface area contributed by atoms with Gasteiger partial charge in [-0.3, -0.25) is 9.59 Å². The molecule has 0 saturated heterocycles. The van der Waals surface area contributed by atoms with Crippen molar-refractivity contribution in [2.75, 3.05) is 5.32 Å². The molecule has 1 aromatic rings. The highest BCUT2D eigenvalue weighted by Crippen LogP contribution is 2.30. The molecular weight excluding hydrogens is 298 g/mol. The molecule has 2 N–H and O–H groups in total. The number of carbonyl (C=O) groups is 2. The van der Waals surface area contributed by atoms with Gasteiger partial charge >= 0.3 is 0 Å². The summed E-state index contributed by atoms with van der Waals surface area (Å²) in [7, 11) is 0. The van der Waals surface area contributed by atoms with Crippen LogP contribution in [-0.2, 0) is 16.0 Å². The van der Waals surface area contributed by atoms with Crippen LogP contribution in [0.2, 0.25) is 0 Å². The first-order valence-electron chi connectivity index (χ1n) is 7.98. The minimum absolute atomic E-state index is 0.0124. The number of nitrogens with zero attached hydrogens (tertiary/aromatic N) is 1. The number of nitrogens with one attached hydrogen (secondary N) is 2. The highest BCUT2D eigenvalue weighted by Gasteiger charge is 2.30. The zero-order valence-corrected chi connectivity index (χ0v) is 14.3. The van der Waals surface area contributed by atoms with E-state index in [1.165, 1.54) is 11.3 Å². The summed E-state index contributed by atoms with van der Waals surface area (Å²) < 4.78 is 0. The van der Waals surface area contributed by atoms with Gasteiger partial charge in [0.1, 0.15) is 0 Å². The van der Waals surface area contributed by atoms with Gasteiger partial charge in [0.15, 0.2) is 5.13 Å². The van der Waals surface area contributed by atoms with E-state index in [-0.39, 0.29) is 30.2 Å². The molecule has 1 aromatic heterocycles. The predicted molar refractivity (Wildman–Crippen MR) is 88.8 cm³/mol. The number of amides is 2. The fourth-order valence-corrected chi connectivity index (χ4v) is 2.86. The molecule has 2 rings (SSSR count). The average Bonchev–Trinajstić information content (AvgIpc) is 3.20. The molecule has 1 aliphatic rings. The van der Waals surface area contributed by atoms with Gasteiger partial charge in [0.2, 0.25) is 11.8 Å². The van der Waals surface area contributed by atoms with Crippen LogP contribution in [0.15, 0.2) is 5.38 Å². The van der Waals surface area contributed by atoms with Crippen LogP contribution >= 0.6 is 11.3 Å². The van der Waals surface area contributed by atoms with Crippen LogP contribution in [0, 0.1) is 11.8 Å². The van der Waals surface area contributed by atoms with Crippen LogP contribution in [0.1, 0.15) is 52.1 Å². The summed E-state index contributed by atoms with van der Waals surface area (Å²) in [5.41, 5.74) is 0.713. The van der Waals surface area contributed by atoms with Crippen molar-refractivity contribution in [1.29, 1.82) is 0 Å². The topological polar surface area (TPSA) is 71.1 Å². The van der Waals surface area contributed by atoms with Crippen LogP contribution in [0.25, 0.3) is 0 Å². The maximum atomic E-state index is 12.0. The normalized spacial score (nSPS) is 15.6. The lowest BCUT2D eigenvalue weighted by Crippen LogP contribution is -2.33. The number of thiazole rings is 1. The Bertz CT molecular complexity index is 523. The van der Waals surface area contributed by atoms with Crippen molar-refractivity contribution in [2.45, 2.75) is 58.9 Å². The maximum absolute atomic E-state index is 12.0. The number of aromatic nitrogens is 1. The van der Waals surface area contributed by atoms with E-state index >= 15 is 0 Å². The molecule has 1 heterocycles. The molecule has 1 fully saturated rings. The number of anilines is 1. The zero-order valence-electron chi connectivity index (χ0n) is 13.5. The van der Waals surface area contributed by atoms with E-state index in [0.717, 1.165) is 25.7 Å². The van der Waals surface area contributed by atoms with E-state index in [4.69, 9.17) is 0 Å². The fourth-order valence-electron chi connectivity index (χ4n) is 2.14. The van der Waals surface area contributed by atoms with Gasteiger partial charge in [-0.15, -0.1) is 11.3 Å². The Hall–Kier alpha value is -1.43. The van der Waals surface area contributed by atoms with Crippen LogP contribution < -0.4 is 10.6 Å². The molecule has 0 aromatic carbocycles. The summed E-state index contributed by atoms with van der Waals surface area (Å²) in [6.07, 6.45) is 4.31. The molecule has 1 atom stereocenters. The second-order valence-corrected chi connectivity index (χ2v) is 7.38. The lowest BCUT2D eigenvalue weighted by Gasteiger charge is -2.14. The summed E-state index contributed by atoms with van der Waals surface area (Å²) in [4.78, 5) is 27.9. The van der Waals surface area contributed by atoms with Crippen molar-refractivity contribution in [3.63, 3.8) is 0 Å². The Morgan fingerprint density at radius 1 is 1.32 bits per heavy atom. The second-order valence-electron chi connectivity index (χ2n) is 6.52. The average molecular weight is 323 g/mol. The van der Waals surface area contributed by atoms with Gasteiger partial charge < -0.3 is 10.6 Å². The Labute approximate surface area is 135 Å². The Kier molecular flexibility index (Phi) is 5.94. The minimum Gasteiger partial charge on any atom is -0.353 e. The van der Waals surface area contributed by atoms with E-state index in [9.17, 15) is 9.59 Å². The molecule has 2 amide bonds. The molecule has 0 aliphatic heterocycles. The van der Waals surface area contributed by atoms with Crippen molar-refractivity contribution in [2.24, 2.45) is 11.8 Å². The molecule has 0 bridgehead atoms. The van der Waals surface area contributed by atoms with Crippen LogP contribution in [0.3, 0.4) is 0 Å². The fraction of sp³-hybridized carbons (Fsp3) is 0.688. The number of hydrogen-bond acceptors (Lipinski definition) is 4. The molecular formula is C16H25N3O2S. The zero-order chi connectivity index (χ0) is 16.1. The highest BCUT2D eigenvalue weighted by molar-refractivity contribution is 7.13. The molecule has 1 aliphatic carbocycles. The Morgan fingerprint density at radius 2 is 2.05 bits per heavy atom. The highest BCUT2D eigenvalue weighted by atomic mass is 32.1. The molecule has 0 radical (unpaired) electrons. The summed E-state index contributed by atoms with van der Waals surface area (Å²) in [6, 6.07) is 0.183. The molecule has 1 saturated carbocycles. The smallest absolute Gasteiger partial charge is 0.229 e.